The van der Waals surface area contributed by atoms with E-state index in [4.69, 9.17) is 20.4 Å². The fourth-order valence-electron chi connectivity index (χ4n) is 0.824. The van der Waals surface area contributed by atoms with Gasteiger partial charge >= 0.3 is 0 Å². The van der Waals surface area contributed by atoms with Crippen molar-refractivity contribution < 1.29 is 40.9 Å². The summed E-state index contributed by atoms with van der Waals surface area (Å²) in [5.41, 5.74) is -3.02. The number of aliphatic hydroxyl groups excluding tert-OH is 8. The molecule has 10 heteroatoms. The van der Waals surface area contributed by atoms with Crippen molar-refractivity contribution in [3.63, 3.8) is 0 Å². The Balaban J connectivity index is 4.08. The minimum atomic E-state index is -1.63. The van der Waals surface area contributed by atoms with Crippen LogP contribution in [-0.4, -0.2) is 89.4 Å². The first-order chi connectivity index (χ1) is 8.34. The highest BCUT2D eigenvalue weighted by Crippen LogP contribution is 2.33. The summed E-state index contributed by atoms with van der Waals surface area (Å²) >= 11 is 0. The average molecular weight is 306 g/mol. The van der Waals surface area contributed by atoms with Crippen molar-refractivity contribution in [1.29, 1.82) is 0 Å². The molecular weight excluding hydrogens is 288 g/mol. The van der Waals surface area contributed by atoms with Gasteiger partial charge in [0.05, 0.1) is 13.2 Å². The van der Waals surface area contributed by atoms with E-state index in [2.05, 4.69) is 0 Å². The Morgan fingerprint density at radius 1 is 0.611 bits per heavy atom. The van der Waals surface area contributed by atoms with Crippen molar-refractivity contribution in [3.05, 3.63) is 0 Å². The third kappa shape index (κ3) is 6.02. The maximum absolute atomic E-state index is 9.36. The van der Waals surface area contributed by atoms with E-state index in [-0.39, 0.29) is 0 Å². The third-order valence-corrected chi connectivity index (χ3v) is 4.58. The largest absolute Gasteiger partial charge is 0.394 e. The van der Waals surface area contributed by atoms with Gasteiger partial charge in [0.1, 0.15) is 35.3 Å². The third-order valence-electron chi connectivity index (χ3n) is 2.00. The van der Waals surface area contributed by atoms with E-state index in [0.29, 0.717) is 21.6 Å². The van der Waals surface area contributed by atoms with Crippen LogP contribution in [-0.2, 0) is 0 Å². The lowest BCUT2D eigenvalue weighted by Crippen LogP contribution is -2.39. The molecule has 0 radical (unpaired) electrons. The van der Waals surface area contributed by atoms with Crippen LogP contribution in [0.3, 0.4) is 0 Å². The monoisotopic (exact) mass is 306 g/mol. The molecule has 0 aliphatic heterocycles. The highest BCUT2D eigenvalue weighted by molar-refractivity contribution is 8.77. The first-order valence-electron chi connectivity index (χ1n) is 4.97. The van der Waals surface area contributed by atoms with E-state index in [9.17, 15) is 20.4 Å². The zero-order valence-corrected chi connectivity index (χ0v) is 10.9. The Hall–Kier alpha value is 0.380. The zero-order chi connectivity index (χ0) is 14.3. The average Bonchev–Trinajstić information content (AvgIpc) is 2.40. The van der Waals surface area contributed by atoms with E-state index in [1.807, 2.05) is 0 Å². The van der Waals surface area contributed by atoms with E-state index in [0.717, 1.165) is 0 Å². The van der Waals surface area contributed by atoms with Crippen molar-refractivity contribution in [3.8, 4) is 0 Å². The van der Waals surface area contributed by atoms with Crippen LogP contribution in [0.25, 0.3) is 0 Å². The normalized spacial score (nSPS) is 22.0. The molecule has 0 aromatic carbocycles. The van der Waals surface area contributed by atoms with Gasteiger partial charge in [-0.25, -0.2) is 0 Å². The summed E-state index contributed by atoms with van der Waals surface area (Å²) < 4.78 is 0. The Morgan fingerprint density at radius 2 is 0.889 bits per heavy atom. The standard InChI is InChI=1S/C8H18O8S2/c9-1-3(11)5(13)7(15)17-18-8(16)6(14)4(12)2-10/h3-16H,1-2H2/t3-,4-,5+,6+,7?,8?/m1/s1. The van der Waals surface area contributed by atoms with Gasteiger partial charge in [-0.15, -0.1) is 0 Å². The predicted octanol–water partition coefficient (Wildman–Crippen LogP) is -3.57. The maximum Gasteiger partial charge on any atom is 0.138 e. The molecule has 8 N–H and O–H groups in total. The maximum atomic E-state index is 9.36. The summed E-state index contributed by atoms with van der Waals surface area (Å²) in [6, 6.07) is 0. The van der Waals surface area contributed by atoms with Crippen molar-refractivity contribution in [2.45, 2.75) is 35.3 Å². The molecular formula is C8H18O8S2. The molecule has 0 heterocycles. The van der Waals surface area contributed by atoms with Crippen molar-refractivity contribution in [1.82, 2.24) is 0 Å². The van der Waals surface area contributed by atoms with E-state index in [1.54, 1.807) is 0 Å². The smallest absolute Gasteiger partial charge is 0.138 e. The van der Waals surface area contributed by atoms with E-state index < -0.39 is 48.5 Å². The van der Waals surface area contributed by atoms with Crippen LogP contribution < -0.4 is 0 Å². The van der Waals surface area contributed by atoms with Gasteiger partial charge in [-0.05, 0) is 0 Å². The Bertz CT molecular complexity index is 199. The summed E-state index contributed by atoms with van der Waals surface area (Å²) in [6.45, 7) is -1.48. The van der Waals surface area contributed by atoms with Crippen LogP contribution in [0.4, 0.5) is 0 Å². The van der Waals surface area contributed by atoms with Crippen molar-refractivity contribution >= 4 is 21.6 Å². The van der Waals surface area contributed by atoms with Gasteiger partial charge in [0.15, 0.2) is 0 Å². The molecule has 6 atom stereocenters. The molecule has 110 valence electrons. The first-order valence-corrected chi connectivity index (χ1v) is 7.25. The van der Waals surface area contributed by atoms with Crippen LogP contribution >= 0.6 is 21.6 Å². The number of rotatable bonds is 9. The van der Waals surface area contributed by atoms with Gasteiger partial charge in [-0.2, -0.15) is 0 Å². The number of hydrogen-bond donors (Lipinski definition) is 8. The second-order valence-corrected chi connectivity index (χ2v) is 5.96. The lowest BCUT2D eigenvalue weighted by atomic mass is 10.2. The molecule has 0 fully saturated rings. The predicted molar refractivity (Wildman–Crippen MR) is 65.4 cm³/mol. The quantitative estimate of drug-likeness (QED) is 0.158. The SMILES string of the molecule is OC[C@@H](O)[C@H](O)C(O)SSC(O)[C@@H](O)[C@H](O)CO. The fraction of sp³-hybridized carbons (Fsp3) is 1.00. The minimum Gasteiger partial charge on any atom is -0.394 e. The van der Waals surface area contributed by atoms with Gasteiger partial charge in [0, 0.05) is 0 Å². The molecule has 0 saturated carbocycles. The minimum absolute atomic E-state index is 0.541. The summed E-state index contributed by atoms with van der Waals surface area (Å²) in [7, 11) is 1.08. The molecule has 2 unspecified atom stereocenters. The fourth-order valence-corrected chi connectivity index (χ4v) is 3.01. The Kier molecular flexibility index (Phi) is 9.51. The molecule has 8 nitrogen and oxygen atoms in total. The number of hydrogen-bond acceptors (Lipinski definition) is 10. The van der Waals surface area contributed by atoms with Gasteiger partial charge in [0.25, 0.3) is 0 Å². The molecule has 0 aromatic rings. The zero-order valence-electron chi connectivity index (χ0n) is 9.27. The molecule has 0 aromatic heterocycles. The second kappa shape index (κ2) is 9.31. The highest BCUT2D eigenvalue weighted by Gasteiger charge is 2.29. The first kappa shape index (κ1) is 18.4. The van der Waals surface area contributed by atoms with E-state index >= 15 is 0 Å². The highest BCUT2D eigenvalue weighted by atomic mass is 33.1. The van der Waals surface area contributed by atoms with Crippen LogP contribution in [0.2, 0.25) is 0 Å². The summed E-state index contributed by atoms with van der Waals surface area (Å²) in [5, 5.41) is 72.4. The van der Waals surface area contributed by atoms with Gasteiger partial charge in [0.2, 0.25) is 0 Å². The van der Waals surface area contributed by atoms with Gasteiger partial charge in [-0.3, -0.25) is 0 Å². The Morgan fingerprint density at radius 3 is 1.11 bits per heavy atom. The lowest BCUT2D eigenvalue weighted by molar-refractivity contribution is -0.0499. The molecule has 0 rings (SSSR count). The molecule has 0 amide bonds. The Labute approximate surface area is 111 Å². The van der Waals surface area contributed by atoms with Crippen LogP contribution in [0.15, 0.2) is 0 Å². The van der Waals surface area contributed by atoms with Crippen molar-refractivity contribution in [2.24, 2.45) is 0 Å². The van der Waals surface area contributed by atoms with Crippen LogP contribution in [0.1, 0.15) is 0 Å². The summed E-state index contributed by atoms with van der Waals surface area (Å²) in [5.74, 6) is 0. The lowest BCUT2D eigenvalue weighted by Gasteiger charge is -2.24. The van der Waals surface area contributed by atoms with Crippen LogP contribution in [0, 0.1) is 0 Å². The van der Waals surface area contributed by atoms with E-state index in [1.165, 1.54) is 0 Å². The molecule has 0 aliphatic carbocycles. The van der Waals surface area contributed by atoms with Gasteiger partial charge < -0.3 is 40.9 Å². The molecule has 0 bridgehead atoms. The van der Waals surface area contributed by atoms with Crippen LogP contribution in [0.5, 0.6) is 0 Å². The topological polar surface area (TPSA) is 162 Å². The van der Waals surface area contributed by atoms with Gasteiger partial charge in [-0.1, -0.05) is 21.6 Å². The molecule has 18 heavy (non-hydrogen) atoms. The molecule has 0 aliphatic rings. The summed E-state index contributed by atoms with van der Waals surface area (Å²) in [4.78, 5) is 0. The molecule has 0 spiro atoms. The summed E-state index contributed by atoms with van der Waals surface area (Å²) in [6.07, 6.45) is -6.31. The molecule has 0 saturated heterocycles. The second-order valence-electron chi connectivity index (χ2n) is 3.45. The van der Waals surface area contributed by atoms with Crippen molar-refractivity contribution in [2.75, 3.05) is 13.2 Å². The number of aliphatic hydroxyl groups is 8.